The van der Waals surface area contributed by atoms with Crippen LogP contribution in [0.5, 0.6) is 0 Å². The van der Waals surface area contributed by atoms with Gasteiger partial charge in [0, 0.05) is 16.7 Å². The van der Waals surface area contributed by atoms with Gasteiger partial charge in [0.05, 0.1) is 18.3 Å². The summed E-state index contributed by atoms with van der Waals surface area (Å²) in [4.78, 5) is 15.8. The molecule has 19 heavy (non-hydrogen) atoms. The van der Waals surface area contributed by atoms with Crippen LogP contribution in [-0.2, 0) is 17.8 Å². The Bertz CT molecular complexity index is 552. The maximum Gasteiger partial charge on any atom is 0.226 e. The molecule has 0 atom stereocenters. The van der Waals surface area contributed by atoms with Crippen molar-refractivity contribution in [2.24, 2.45) is 0 Å². The van der Waals surface area contributed by atoms with Crippen LogP contribution in [-0.4, -0.2) is 10.9 Å². The van der Waals surface area contributed by atoms with Crippen LogP contribution in [0.25, 0.3) is 0 Å². The monoisotopic (exact) mass is 319 g/mol. The van der Waals surface area contributed by atoms with Gasteiger partial charge in [0.15, 0.2) is 0 Å². The molecule has 1 aromatic carbocycles. The molecular weight excluding hydrogens is 306 g/mol. The van der Waals surface area contributed by atoms with Crippen molar-refractivity contribution in [3.63, 3.8) is 0 Å². The summed E-state index contributed by atoms with van der Waals surface area (Å²) in [6, 6.07) is 11.3. The lowest BCUT2D eigenvalue weighted by Gasteiger charge is -2.05. The van der Waals surface area contributed by atoms with Crippen LogP contribution in [0, 0.1) is 0 Å². The summed E-state index contributed by atoms with van der Waals surface area (Å²) in [5.74, 6) is -0.0554. The molecule has 1 amide bonds. The van der Waals surface area contributed by atoms with E-state index in [-0.39, 0.29) is 12.3 Å². The predicted molar refractivity (Wildman–Crippen MR) is 78.3 cm³/mol. The number of carbonyl (C=O) groups is 1. The smallest absolute Gasteiger partial charge is 0.226 e. The number of anilines is 1. The number of benzene rings is 1. The number of rotatable bonds is 4. The minimum absolute atomic E-state index is 0.0554. The topological polar surface area (TPSA) is 68.0 Å². The Kier molecular flexibility index (Phi) is 4.52. The van der Waals surface area contributed by atoms with E-state index in [9.17, 15) is 4.79 Å². The van der Waals surface area contributed by atoms with E-state index in [1.54, 1.807) is 18.3 Å². The number of nitrogens with two attached hydrogens (primary N) is 1. The number of halogens is 1. The molecule has 0 radical (unpaired) electrons. The van der Waals surface area contributed by atoms with E-state index >= 15 is 0 Å². The van der Waals surface area contributed by atoms with Crippen molar-refractivity contribution in [2.75, 3.05) is 5.73 Å². The molecule has 0 unspecified atom stereocenters. The molecule has 0 saturated carbocycles. The molecule has 0 aliphatic rings. The maximum absolute atomic E-state index is 11.7. The Labute approximate surface area is 120 Å². The van der Waals surface area contributed by atoms with Gasteiger partial charge in [0.25, 0.3) is 0 Å². The average molecular weight is 320 g/mol. The summed E-state index contributed by atoms with van der Waals surface area (Å²) in [7, 11) is 0. The van der Waals surface area contributed by atoms with Gasteiger partial charge >= 0.3 is 0 Å². The Morgan fingerprint density at radius 2 is 1.95 bits per heavy atom. The van der Waals surface area contributed by atoms with E-state index < -0.39 is 0 Å². The third-order valence-electron chi connectivity index (χ3n) is 2.59. The van der Waals surface area contributed by atoms with Crippen molar-refractivity contribution < 1.29 is 4.79 Å². The van der Waals surface area contributed by atoms with Crippen LogP contribution in [0.2, 0.25) is 0 Å². The van der Waals surface area contributed by atoms with Crippen molar-refractivity contribution in [2.45, 2.75) is 13.0 Å². The second-order valence-corrected chi connectivity index (χ2v) is 5.08. The Morgan fingerprint density at radius 3 is 2.58 bits per heavy atom. The van der Waals surface area contributed by atoms with Crippen molar-refractivity contribution in [3.05, 3.63) is 58.3 Å². The van der Waals surface area contributed by atoms with Crippen LogP contribution < -0.4 is 11.1 Å². The number of nitrogens with one attached hydrogen (secondary N) is 1. The van der Waals surface area contributed by atoms with Crippen LogP contribution in [0.3, 0.4) is 0 Å². The third-order valence-corrected chi connectivity index (χ3v) is 3.12. The number of amides is 1. The standard InChI is InChI=1S/C14H14BrN3O/c15-11-3-1-10(2-4-11)8-18-14(19)7-13-6-5-12(16)9-17-13/h1-6,9H,7-8,16H2,(H,18,19). The zero-order valence-corrected chi connectivity index (χ0v) is 11.9. The molecule has 3 N–H and O–H groups in total. The second-order valence-electron chi connectivity index (χ2n) is 4.16. The van der Waals surface area contributed by atoms with E-state index in [0.29, 0.717) is 17.9 Å². The highest BCUT2D eigenvalue weighted by Gasteiger charge is 2.04. The first-order valence-corrected chi connectivity index (χ1v) is 6.64. The fourth-order valence-electron chi connectivity index (χ4n) is 1.57. The van der Waals surface area contributed by atoms with E-state index in [0.717, 1.165) is 10.0 Å². The zero-order chi connectivity index (χ0) is 13.7. The van der Waals surface area contributed by atoms with Gasteiger partial charge in [0.2, 0.25) is 5.91 Å². The summed E-state index contributed by atoms with van der Waals surface area (Å²) >= 11 is 3.37. The summed E-state index contributed by atoms with van der Waals surface area (Å²) in [6.45, 7) is 0.515. The van der Waals surface area contributed by atoms with Gasteiger partial charge in [-0.25, -0.2) is 0 Å². The Hall–Kier alpha value is -1.88. The molecule has 2 aromatic rings. The number of nitrogen functional groups attached to an aromatic ring is 1. The summed E-state index contributed by atoms with van der Waals surface area (Å²) in [5.41, 5.74) is 7.90. The van der Waals surface area contributed by atoms with Crippen LogP contribution >= 0.6 is 15.9 Å². The Morgan fingerprint density at radius 1 is 1.21 bits per heavy atom. The van der Waals surface area contributed by atoms with Crippen molar-refractivity contribution >= 4 is 27.5 Å². The average Bonchev–Trinajstić information content (AvgIpc) is 2.41. The molecule has 0 spiro atoms. The fraction of sp³-hybridized carbons (Fsp3) is 0.143. The molecule has 0 fully saturated rings. The first kappa shape index (κ1) is 13.5. The van der Waals surface area contributed by atoms with Crippen molar-refractivity contribution in [3.8, 4) is 0 Å². The van der Waals surface area contributed by atoms with Gasteiger partial charge in [0.1, 0.15) is 0 Å². The predicted octanol–water partition coefficient (Wildman–Crippen LogP) is 2.29. The van der Waals surface area contributed by atoms with Crippen molar-refractivity contribution in [1.29, 1.82) is 0 Å². The molecule has 1 aromatic heterocycles. The molecule has 1 heterocycles. The highest BCUT2D eigenvalue weighted by atomic mass is 79.9. The minimum atomic E-state index is -0.0554. The van der Waals surface area contributed by atoms with Gasteiger partial charge in [-0.05, 0) is 29.8 Å². The number of hydrogen-bond acceptors (Lipinski definition) is 3. The lowest BCUT2D eigenvalue weighted by Crippen LogP contribution is -2.24. The molecule has 4 nitrogen and oxygen atoms in total. The summed E-state index contributed by atoms with van der Waals surface area (Å²) in [6.07, 6.45) is 1.81. The maximum atomic E-state index is 11.7. The normalized spacial score (nSPS) is 10.2. The minimum Gasteiger partial charge on any atom is -0.397 e. The van der Waals surface area contributed by atoms with Gasteiger partial charge in [-0.15, -0.1) is 0 Å². The van der Waals surface area contributed by atoms with Crippen molar-refractivity contribution in [1.82, 2.24) is 10.3 Å². The zero-order valence-electron chi connectivity index (χ0n) is 10.3. The van der Waals surface area contributed by atoms with Crippen LogP contribution in [0.4, 0.5) is 5.69 Å². The van der Waals surface area contributed by atoms with Crippen LogP contribution in [0.15, 0.2) is 47.1 Å². The van der Waals surface area contributed by atoms with E-state index in [4.69, 9.17) is 5.73 Å². The van der Waals surface area contributed by atoms with Gasteiger partial charge < -0.3 is 11.1 Å². The summed E-state index contributed by atoms with van der Waals surface area (Å²) < 4.78 is 1.02. The second kappa shape index (κ2) is 6.33. The molecule has 0 saturated heterocycles. The highest BCUT2D eigenvalue weighted by Crippen LogP contribution is 2.10. The number of carbonyl (C=O) groups excluding carboxylic acids is 1. The molecule has 0 aliphatic carbocycles. The van der Waals surface area contributed by atoms with Crippen LogP contribution in [0.1, 0.15) is 11.3 Å². The SMILES string of the molecule is Nc1ccc(CC(=O)NCc2ccc(Br)cc2)nc1. The lowest BCUT2D eigenvalue weighted by molar-refractivity contribution is -0.120. The largest absolute Gasteiger partial charge is 0.397 e. The third kappa shape index (κ3) is 4.37. The lowest BCUT2D eigenvalue weighted by atomic mass is 10.2. The number of aromatic nitrogens is 1. The molecule has 0 aliphatic heterocycles. The fourth-order valence-corrected chi connectivity index (χ4v) is 1.83. The van der Waals surface area contributed by atoms with Gasteiger partial charge in [-0.1, -0.05) is 28.1 Å². The quantitative estimate of drug-likeness (QED) is 0.908. The first-order chi connectivity index (χ1) is 9.13. The van der Waals surface area contributed by atoms with E-state index in [1.807, 2.05) is 24.3 Å². The Balaban J connectivity index is 1.84. The number of nitrogens with zero attached hydrogens (tertiary/aromatic N) is 1. The number of hydrogen-bond donors (Lipinski definition) is 2. The molecular formula is C14H14BrN3O. The van der Waals surface area contributed by atoms with Gasteiger partial charge in [-0.3, -0.25) is 9.78 Å². The molecule has 5 heteroatoms. The highest BCUT2D eigenvalue weighted by molar-refractivity contribution is 9.10. The molecule has 2 rings (SSSR count). The number of pyridine rings is 1. The van der Waals surface area contributed by atoms with Gasteiger partial charge in [-0.2, -0.15) is 0 Å². The van der Waals surface area contributed by atoms with E-state index in [1.165, 1.54) is 0 Å². The molecule has 0 bridgehead atoms. The van der Waals surface area contributed by atoms with E-state index in [2.05, 4.69) is 26.2 Å². The first-order valence-electron chi connectivity index (χ1n) is 5.85. The molecule has 98 valence electrons. The summed E-state index contributed by atoms with van der Waals surface area (Å²) in [5, 5.41) is 2.86.